The van der Waals surface area contributed by atoms with Crippen LogP contribution in [-0.2, 0) is 10.8 Å². The predicted molar refractivity (Wildman–Crippen MR) is 72.3 cm³/mol. The topological polar surface area (TPSA) is 20.2 Å². The van der Waals surface area contributed by atoms with Gasteiger partial charge in [0.15, 0.2) is 0 Å². The molecule has 16 heavy (non-hydrogen) atoms. The first-order valence-electron chi connectivity index (χ1n) is 5.60. The fourth-order valence-corrected chi connectivity index (χ4v) is 2.17. The van der Waals surface area contributed by atoms with Gasteiger partial charge in [-0.2, -0.15) is 0 Å². The van der Waals surface area contributed by atoms with E-state index in [1.807, 2.05) is 0 Å². The Balaban J connectivity index is 3.46. The summed E-state index contributed by atoms with van der Waals surface area (Å²) in [6, 6.07) is 4.19. The molecule has 0 bridgehead atoms. The summed E-state index contributed by atoms with van der Waals surface area (Å²) < 4.78 is 0.907. The SMILES string of the molecule is CC(C)(C)c1cc([SeH])c(O)c(C(C)(C)C)c1. The van der Waals surface area contributed by atoms with Gasteiger partial charge in [-0.05, 0) is 0 Å². The van der Waals surface area contributed by atoms with Crippen molar-refractivity contribution < 1.29 is 5.11 Å². The number of hydrogen-bond donors (Lipinski definition) is 1. The van der Waals surface area contributed by atoms with E-state index in [0.29, 0.717) is 5.75 Å². The summed E-state index contributed by atoms with van der Waals surface area (Å²) in [6.45, 7) is 13.0. The third-order valence-corrected chi connectivity index (χ3v) is 3.48. The summed E-state index contributed by atoms with van der Waals surface area (Å²) in [4.78, 5) is 0. The van der Waals surface area contributed by atoms with E-state index in [1.165, 1.54) is 5.56 Å². The van der Waals surface area contributed by atoms with Crippen LogP contribution in [-0.4, -0.2) is 21.1 Å². The van der Waals surface area contributed by atoms with Gasteiger partial charge in [-0.25, -0.2) is 0 Å². The molecule has 1 N–H and O–H groups in total. The van der Waals surface area contributed by atoms with Crippen LogP contribution in [0.2, 0.25) is 0 Å². The van der Waals surface area contributed by atoms with Gasteiger partial charge < -0.3 is 0 Å². The van der Waals surface area contributed by atoms with E-state index in [9.17, 15) is 5.11 Å². The zero-order chi connectivity index (χ0) is 12.7. The molecule has 0 aliphatic rings. The van der Waals surface area contributed by atoms with Crippen molar-refractivity contribution in [3.63, 3.8) is 0 Å². The summed E-state index contributed by atoms with van der Waals surface area (Å²) in [7, 11) is 0. The summed E-state index contributed by atoms with van der Waals surface area (Å²) >= 11 is 2.46. The second kappa shape index (κ2) is 4.09. The van der Waals surface area contributed by atoms with Gasteiger partial charge in [-0.3, -0.25) is 0 Å². The third-order valence-electron chi connectivity index (χ3n) is 2.76. The zero-order valence-corrected chi connectivity index (χ0v) is 12.9. The van der Waals surface area contributed by atoms with Crippen molar-refractivity contribution in [3.05, 3.63) is 23.3 Å². The van der Waals surface area contributed by atoms with E-state index < -0.39 is 0 Å². The van der Waals surface area contributed by atoms with Crippen LogP contribution in [0.4, 0.5) is 0 Å². The first kappa shape index (κ1) is 13.6. The van der Waals surface area contributed by atoms with Crippen molar-refractivity contribution in [2.45, 2.75) is 52.4 Å². The Labute approximate surface area is 107 Å². The number of phenolic OH excluding ortho intramolecular Hbond substituents is 1. The van der Waals surface area contributed by atoms with E-state index >= 15 is 0 Å². The Morgan fingerprint density at radius 3 is 1.81 bits per heavy atom. The van der Waals surface area contributed by atoms with Gasteiger partial charge in [0.2, 0.25) is 0 Å². The first-order valence-corrected chi connectivity index (χ1v) is 6.54. The van der Waals surface area contributed by atoms with Crippen molar-refractivity contribution in [1.29, 1.82) is 0 Å². The molecular formula is C14H22OSe. The molecule has 1 nitrogen and oxygen atoms in total. The van der Waals surface area contributed by atoms with Gasteiger partial charge in [0.05, 0.1) is 0 Å². The second-order valence-electron chi connectivity index (χ2n) is 6.39. The van der Waals surface area contributed by atoms with Gasteiger partial charge >= 0.3 is 107 Å². The molecular weight excluding hydrogens is 263 g/mol. The van der Waals surface area contributed by atoms with E-state index in [-0.39, 0.29) is 10.8 Å². The number of rotatable bonds is 0. The summed E-state index contributed by atoms with van der Waals surface area (Å²) in [5, 5.41) is 10.1. The standard InChI is InChI=1S/C14H22OSe/c1-13(2,3)9-7-10(14(4,5)6)12(15)11(16)8-9/h7-8,15-16H,1-6H3. The zero-order valence-electron chi connectivity index (χ0n) is 11.0. The molecule has 0 aromatic heterocycles. The van der Waals surface area contributed by atoms with Crippen LogP contribution >= 0.6 is 0 Å². The molecule has 0 saturated heterocycles. The van der Waals surface area contributed by atoms with Crippen LogP contribution in [0.25, 0.3) is 0 Å². The van der Waals surface area contributed by atoms with Gasteiger partial charge in [0.1, 0.15) is 0 Å². The Morgan fingerprint density at radius 2 is 1.44 bits per heavy atom. The molecule has 1 aromatic rings. The number of benzene rings is 1. The third kappa shape index (κ3) is 2.81. The van der Waals surface area contributed by atoms with Crippen LogP contribution < -0.4 is 4.46 Å². The normalized spacial score (nSPS) is 12.9. The average Bonchev–Trinajstić information content (AvgIpc) is 2.05. The van der Waals surface area contributed by atoms with Crippen LogP contribution in [0.15, 0.2) is 12.1 Å². The fraction of sp³-hybridized carbons (Fsp3) is 0.571. The number of aromatic hydroxyl groups is 1. The van der Waals surface area contributed by atoms with Gasteiger partial charge in [-0.1, -0.05) is 0 Å². The number of hydrogen-bond acceptors (Lipinski definition) is 1. The summed E-state index contributed by atoms with van der Waals surface area (Å²) in [5.74, 6) is 0.417. The molecule has 0 atom stereocenters. The Kier molecular flexibility index (Phi) is 3.47. The van der Waals surface area contributed by atoms with E-state index in [1.54, 1.807) is 0 Å². The Morgan fingerprint density at radius 1 is 0.938 bits per heavy atom. The maximum atomic E-state index is 10.1. The molecule has 0 fully saturated rings. The van der Waals surface area contributed by atoms with Crippen molar-refractivity contribution in [2.75, 3.05) is 0 Å². The first-order chi connectivity index (χ1) is 7.03. The van der Waals surface area contributed by atoms with Gasteiger partial charge in [-0.15, -0.1) is 0 Å². The molecule has 0 heterocycles. The molecule has 1 aromatic carbocycles. The van der Waals surface area contributed by atoms with Crippen LogP contribution in [0.3, 0.4) is 0 Å². The molecule has 90 valence electrons. The quantitative estimate of drug-likeness (QED) is 0.726. The van der Waals surface area contributed by atoms with Crippen LogP contribution in [0.5, 0.6) is 5.75 Å². The molecule has 0 aliphatic heterocycles. The molecule has 1 rings (SSSR count). The molecule has 0 spiro atoms. The summed E-state index contributed by atoms with van der Waals surface area (Å²) in [5.41, 5.74) is 2.38. The number of phenols is 1. The van der Waals surface area contributed by atoms with Gasteiger partial charge in [0.25, 0.3) is 0 Å². The predicted octanol–water partition coefficient (Wildman–Crippen LogP) is 2.51. The van der Waals surface area contributed by atoms with Crippen LogP contribution in [0.1, 0.15) is 52.7 Å². The van der Waals surface area contributed by atoms with E-state index in [0.717, 1.165) is 10.0 Å². The fourth-order valence-electron chi connectivity index (χ4n) is 1.62. The molecule has 0 amide bonds. The monoisotopic (exact) mass is 286 g/mol. The van der Waals surface area contributed by atoms with Crippen molar-refractivity contribution in [3.8, 4) is 5.75 Å². The molecule has 2 heteroatoms. The van der Waals surface area contributed by atoms with E-state index in [2.05, 4.69) is 69.7 Å². The summed E-state index contributed by atoms with van der Waals surface area (Å²) in [6.07, 6.45) is 0. The second-order valence-corrected chi connectivity index (χ2v) is 7.40. The van der Waals surface area contributed by atoms with Gasteiger partial charge in [0, 0.05) is 0 Å². The van der Waals surface area contributed by atoms with Crippen molar-refractivity contribution in [1.82, 2.24) is 0 Å². The molecule has 0 saturated carbocycles. The van der Waals surface area contributed by atoms with Crippen LogP contribution in [0, 0.1) is 0 Å². The molecule has 0 unspecified atom stereocenters. The Hall–Kier alpha value is -0.461. The van der Waals surface area contributed by atoms with Crippen molar-refractivity contribution >= 4 is 20.5 Å². The molecule has 0 radical (unpaired) electrons. The molecule has 0 aliphatic carbocycles. The van der Waals surface area contributed by atoms with Crippen molar-refractivity contribution in [2.24, 2.45) is 0 Å². The minimum atomic E-state index is -0.0278. The maximum absolute atomic E-state index is 10.1. The van der Waals surface area contributed by atoms with E-state index in [4.69, 9.17) is 0 Å². The Bertz CT molecular complexity index is 394. The average molecular weight is 285 g/mol. The minimum absolute atomic E-state index is 0.0278.